The van der Waals surface area contributed by atoms with Gasteiger partial charge in [-0.25, -0.2) is 9.97 Å². The second-order valence-corrected chi connectivity index (χ2v) is 4.86. The van der Waals surface area contributed by atoms with Crippen molar-refractivity contribution in [2.45, 2.75) is 19.8 Å². The van der Waals surface area contributed by atoms with E-state index < -0.39 is 0 Å². The summed E-state index contributed by atoms with van der Waals surface area (Å²) in [6.07, 6.45) is 3.46. The summed E-state index contributed by atoms with van der Waals surface area (Å²) >= 11 is 0. The third kappa shape index (κ3) is 2.11. The molecule has 0 atom stereocenters. The maximum Gasteiger partial charge on any atom is 0.130 e. The molecule has 0 saturated heterocycles. The van der Waals surface area contributed by atoms with Crippen LogP contribution in [0.25, 0.3) is 22.0 Å². The van der Waals surface area contributed by atoms with Crippen LogP contribution in [0.5, 0.6) is 0 Å². The van der Waals surface area contributed by atoms with Crippen LogP contribution in [-0.4, -0.2) is 9.97 Å². The largest absolute Gasteiger partial charge is 0.383 e. The van der Waals surface area contributed by atoms with E-state index in [0.717, 1.165) is 29.7 Å². The second-order valence-electron chi connectivity index (χ2n) is 4.86. The van der Waals surface area contributed by atoms with Gasteiger partial charge in [-0.1, -0.05) is 55.8 Å². The quantitative estimate of drug-likeness (QED) is 0.781. The minimum atomic E-state index is 0.588. The van der Waals surface area contributed by atoms with Crippen molar-refractivity contribution in [1.29, 1.82) is 0 Å². The third-order valence-electron chi connectivity index (χ3n) is 3.52. The van der Waals surface area contributed by atoms with Crippen molar-refractivity contribution in [3.63, 3.8) is 0 Å². The van der Waals surface area contributed by atoms with Gasteiger partial charge < -0.3 is 5.73 Å². The molecule has 0 fully saturated rings. The van der Waals surface area contributed by atoms with Crippen molar-refractivity contribution >= 4 is 16.6 Å². The van der Waals surface area contributed by atoms with Gasteiger partial charge in [0.25, 0.3) is 0 Å². The van der Waals surface area contributed by atoms with Crippen molar-refractivity contribution in [3.05, 3.63) is 54.4 Å². The highest BCUT2D eigenvalue weighted by molar-refractivity contribution is 5.96. The summed E-state index contributed by atoms with van der Waals surface area (Å²) in [5.74, 6) is 0.588. The maximum absolute atomic E-state index is 6.04. The predicted molar refractivity (Wildman–Crippen MR) is 83.4 cm³/mol. The molecule has 1 heterocycles. The Kier molecular flexibility index (Phi) is 3.33. The molecule has 0 bridgehead atoms. The highest BCUT2D eigenvalue weighted by Gasteiger charge is 2.12. The minimum absolute atomic E-state index is 0.588. The van der Waals surface area contributed by atoms with Crippen LogP contribution in [0.1, 0.15) is 18.9 Å². The van der Waals surface area contributed by atoms with Gasteiger partial charge in [0.15, 0.2) is 0 Å². The Morgan fingerprint density at radius 2 is 1.80 bits per heavy atom. The first kappa shape index (κ1) is 12.6. The number of benzene rings is 2. The van der Waals surface area contributed by atoms with Gasteiger partial charge in [0, 0.05) is 11.1 Å². The zero-order valence-electron chi connectivity index (χ0n) is 11.5. The van der Waals surface area contributed by atoms with E-state index in [0.29, 0.717) is 5.82 Å². The first-order valence-electron chi connectivity index (χ1n) is 6.88. The van der Waals surface area contributed by atoms with E-state index in [4.69, 9.17) is 5.73 Å². The molecule has 0 radical (unpaired) electrons. The van der Waals surface area contributed by atoms with E-state index in [-0.39, 0.29) is 0 Å². The number of fused-ring (bicyclic) bond motifs is 1. The summed E-state index contributed by atoms with van der Waals surface area (Å²) in [5.41, 5.74) is 9.17. The molecule has 0 spiro atoms. The van der Waals surface area contributed by atoms with Crippen LogP contribution in [0.4, 0.5) is 5.82 Å². The van der Waals surface area contributed by atoms with Crippen LogP contribution in [0.15, 0.2) is 48.8 Å². The number of hydrogen-bond acceptors (Lipinski definition) is 3. The van der Waals surface area contributed by atoms with Gasteiger partial charge in [0.2, 0.25) is 0 Å². The molecule has 3 nitrogen and oxygen atoms in total. The van der Waals surface area contributed by atoms with Crippen molar-refractivity contribution in [2.75, 3.05) is 5.73 Å². The predicted octanol–water partition coefficient (Wildman–Crippen LogP) is 3.83. The van der Waals surface area contributed by atoms with E-state index in [9.17, 15) is 0 Å². The van der Waals surface area contributed by atoms with Gasteiger partial charge in [0.1, 0.15) is 12.1 Å². The molecular weight excluding hydrogens is 246 g/mol. The molecule has 0 saturated carbocycles. The lowest BCUT2D eigenvalue weighted by Crippen LogP contribution is -2.02. The number of nitrogens with zero attached hydrogens (tertiary/aromatic N) is 2. The van der Waals surface area contributed by atoms with Crippen molar-refractivity contribution in [3.8, 4) is 11.3 Å². The molecular formula is C17H17N3. The highest BCUT2D eigenvalue weighted by Crippen LogP contribution is 2.31. The normalized spacial score (nSPS) is 10.8. The zero-order chi connectivity index (χ0) is 13.9. The van der Waals surface area contributed by atoms with Gasteiger partial charge in [-0.15, -0.1) is 0 Å². The number of nitrogens with two attached hydrogens (primary N) is 1. The summed E-state index contributed by atoms with van der Waals surface area (Å²) in [6.45, 7) is 2.14. The number of nitrogen functional groups attached to an aromatic ring is 1. The Labute approximate surface area is 118 Å². The van der Waals surface area contributed by atoms with Crippen LogP contribution < -0.4 is 5.73 Å². The molecule has 3 heteroatoms. The number of anilines is 1. The van der Waals surface area contributed by atoms with Crippen molar-refractivity contribution in [2.24, 2.45) is 0 Å². The molecule has 0 aliphatic carbocycles. The molecule has 2 N–H and O–H groups in total. The van der Waals surface area contributed by atoms with Gasteiger partial charge >= 0.3 is 0 Å². The summed E-state index contributed by atoms with van der Waals surface area (Å²) in [5, 5.41) is 2.41. The molecule has 3 aromatic rings. The Bertz CT molecular complexity index is 745. The average molecular weight is 263 g/mol. The average Bonchev–Trinajstić information content (AvgIpc) is 2.49. The second kappa shape index (κ2) is 5.29. The third-order valence-corrected chi connectivity index (χ3v) is 3.52. The molecule has 0 aliphatic heterocycles. The van der Waals surface area contributed by atoms with Gasteiger partial charge in [0.05, 0.1) is 5.69 Å². The van der Waals surface area contributed by atoms with Crippen LogP contribution in [0.2, 0.25) is 0 Å². The lowest BCUT2D eigenvalue weighted by atomic mass is 9.97. The number of aromatic nitrogens is 2. The maximum atomic E-state index is 6.04. The van der Waals surface area contributed by atoms with Gasteiger partial charge in [-0.3, -0.25) is 0 Å². The van der Waals surface area contributed by atoms with Crippen LogP contribution in [0.3, 0.4) is 0 Å². The molecule has 0 amide bonds. The molecule has 20 heavy (non-hydrogen) atoms. The topological polar surface area (TPSA) is 51.8 Å². The van der Waals surface area contributed by atoms with Crippen LogP contribution >= 0.6 is 0 Å². The fraction of sp³-hybridized carbons (Fsp3) is 0.176. The van der Waals surface area contributed by atoms with Crippen molar-refractivity contribution in [1.82, 2.24) is 9.97 Å². The minimum Gasteiger partial charge on any atom is -0.383 e. The van der Waals surface area contributed by atoms with Crippen molar-refractivity contribution < 1.29 is 0 Å². The number of hydrogen-bond donors (Lipinski definition) is 1. The van der Waals surface area contributed by atoms with E-state index in [1.54, 1.807) is 6.33 Å². The fourth-order valence-corrected chi connectivity index (χ4v) is 2.59. The lowest BCUT2D eigenvalue weighted by molar-refractivity contribution is 0.909. The molecule has 0 aliphatic rings. The molecule has 2 aromatic carbocycles. The first-order chi connectivity index (χ1) is 9.81. The zero-order valence-corrected chi connectivity index (χ0v) is 11.5. The summed E-state index contributed by atoms with van der Waals surface area (Å²) in [4.78, 5) is 8.62. The van der Waals surface area contributed by atoms with E-state index in [2.05, 4.69) is 53.3 Å². The van der Waals surface area contributed by atoms with E-state index >= 15 is 0 Å². The van der Waals surface area contributed by atoms with Gasteiger partial charge in [-0.05, 0) is 17.2 Å². The smallest absolute Gasteiger partial charge is 0.130 e. The molecule has 3 rings (SSSR count). The number of rotatable bonds is 3. The van der Waals surface area contributed by atoms with E-state index in [1.165, 1.54) is 10.8 Å². The first-order valence-corrected chi connectivity index (χ1v) is 6.88. The summed E-state index contributed by atoms with van der Waals surface area (Å²) in [7, 11) is 0. The Morgan fingerprint density at radius 3 is 2.65 bits per heavy atom. The Hall–Kier alpha value is -2.42. The van der Waals surface area contributed by atoms with Crippen LogP contribution in [0, 0.1) is 0 Å². The molecule has 100 valence electrons. The Morgan fingerprint density at radius 1 is 1.00 bits per heavy atom. The van der Waals surface area contributed by atoms with Crippen LogP contribution in [-0.2, 0) is 6.42 Å². The highest BCUT2D eigenvalue weighted by atomic mass is 14.9. The standard InChI is InChI=1S/C17H17N3/c1-2-6-15-16(19-11-20-17(15)18)14-10-5-8-12-7-3-4-9-13(12)14/h3-5,7-11H,2,6H2,1H3,(H2,18,19,20). The van der Waals surface area contributed by atoms with Gasteiger partial charge in [-0.2, -0.15) is 0 Å². The lowest BCUT2D eigenvalue weighted by Gasteiger charge is -2.12. The van der Waals surface area contributed by atoms with E-state index in [1.807, 2.05) is 6.07 Å². The fourth-order valence-electron chi connectivity index (χ4n) is 2.59. The summed E-state index contributed by atoms with van der Waals surface area (Å²) in [6, 6.07) is 14.6. The molecule has 0 unspecified atom stereocenters. The summed E-state index contributed by atoms with van der Waals surface area (Å²) < 4.78 is 0. The molecule has 1 aromatic heterocycles. The Balaban J connectivity index is 2.28. The SMILES string of the molecule is CCCc1c(N)ncnc1-c1cccc2ccccc12. The monoisotopic (exact) mass is 263 g/mol.